The van der Waals surface area contributed by atoms with E-state index in [1.54, 1.807) is 4.68 Å². The minimum absolute atomic E-state index is 0.0419. The van der Waals surface area contributed by atoms with E-state index < -0.39 is 11.7 Å². The van der Waals surface area contributed by atoms with Crippen LogP contribution in [0.5, 0.6) is 0 Å². The van der Waals surface area contributed by atoms with Crippen LogP contribution in [0, 0.1) is 13.8 Å². The number of nitrogens with one attached hydrogen (secondary N) is 1. The average Bonchev–Trinajstić information content (AvgIpc) is 3.35. The third-order valence-corrected chi connectivity index (χ3v) is 5.13. The largest absolute Gasteiger partial charge is 0.417 e. The van der Waals surface area contributed by atoms with Gasteiger partial charge in [0.15, 0.2) is 5.65 Å². The fourth-order valence-corrected chi connectivity index (χ4v) is 3.64. The zero-order valence-electron chi connectivity index (χ0n) is 17.0. The molecule has 3 aromatic rings. The van der Waals surface area contributed by atoms with Crippen LogP contribution in [0.15, 0.2) is 18.3 Å². The van der Waals surface area contributed by atoms with Crippen molar-refractivity contribution in [1.82, 2.24) is 29.9 Å². The molecule has 0 bridgehead atoms. The highest BCUT2D eigenvalue weighted by atomic mass is 19.4. The number of hydrogen-bond donors (Lipinski definition) is 1. The first kappa shape index (κ1) is 20.4. The molecule has 4 rings (SSSR count). The summed E-state index contributed by atoms with van der Waals surface area (Å²) in [4.78, 5) is 17.0. The van der Waals surface area contributed by atoms with Gasteiger partial charge in [0.05, 0.1) is 28.9 Å². The molecule has 0 aromatic carbocycles. The Labute approximate surface area is 171 Å². The molecule has 1 saturated carbocycles. The number of fused-ring (bicyclic) bond motifs is 1. The SMILES string of the molecule is Cc1ccn(CC(C)NC(=O)Cn2nc(C)c3c(C(F)(F)F)cc(C4CC4)nc32)n1. The van der Waals surface area contributed by atoms with Crippen LogP contribution in [0.25, 0.3) is 11.0 Å². The Morgan fingerprint density at radius 1 is 1.30 bits per heavy atom. The van der Waals surface area contributed by atoms with Crippen molar-refractivity contribution < 1.29 is 18.0 Å². The Morgan fingerprint density at radius 3 is 2.63 bits per heavy atom. The number of aromatic nitrogens is 5. The first-order valence-electron chi connectivity index (χ1n) is 9.86. The first-order chi connectivity index (χ1) is 14.1. The maximum absolute atomic E-state index is 13.7. The van der Waals surface area contributed by atoms with Crippen LogP contribution in [0.2, 0.25) is 0 Å². The zero-order chi connectivity index (χ0) is 21.6. The zero-order valence-corrected chi connectivity index (χ0v) is 17.0. The highest BCUT2D eigenvalue weighted by molar-refractivity contribution is 5.85. The number of halogens is 3. The molecule has 1 amide bonds. The minimum atomic E-state index is -4.51. The van der Waals surface area contributed by atoms with Gasteiger partial charge in [-0.05, 0) is 45.7 Å². The van der Waals surface area contributed by atoms with Crippen LogP contribution in [0.1, 0.15) is 48.3 Å². The van der Waals surface area contributed by atoms with E-state index in [4.69, 9.17) is 0 Å². The quantitative estimate of drug-likeness (QED) is 0.664. The van der Waals surface area contributed by atoms with Gasteiger partial charge in [-0.25, -0.2) is 9.67 Å². The molecule has 10 heteroatoms. The van der Waals surface area contributed by atoms with Gasteiger partial charge < -0.3 is 5.32 Å². The van der Waals surface area contributed by atoms with Gasteiger partial charge in [0, 0.05) is 23.9 Å². The van der Waals surface area contributed by atoms with Crippen LogP contribution in [-0.2, 0) is 24.1 Å². The molecule has 0 radical (unpaired) electrons. The van der Waals surface area contributed by atoms with E-state index in [0.29, 0.717) is 12.2 Å². The predicted molar refractivity (Wildman–Crippen MR) is 104 cm³/mol. The summed E-state index contributed by atoms with van der Waals surface area (Å²) in [6.45, 7) is 5.51. The second-order valence-electron chi connectivity index (χ2n) is 7.96. The highest BCUT2D eigenvalue weighted by Gasteiger charge is 2.37. The van der Waals surface area contributed by atoms with Crippen molar-refractivity contribution in [3.63, 3.8) is 0 Å². The predicted octanol–water partition coefficient (Wildman–Crippen LogP) is 3.35. The summed E-state index contributed by atoms with van der Waals surface area (Å²) in [5, 5.41) is 11.3. The molecule has 3 heterocycles. The summed E-state index contributed by atoms with van der Waals surface area (Å²) >= 11 is 0. The third-order valence-electron chi connectivity index (χ3n) is 5.13. The molecule has 1 aliphatic carbocycles. The van der Waals surface area contributed by atoms with E-state index in [-0.39, 0.29) is 41.1 Å². The van der Waals surface area contributed by atoms with Crippen LogP contribution >= 0.6 is 0 Å². The van der Waals surface area contributed by atoms with Crippen molar-refractivity contribution in [2.24, 2.45) is 0 Å². The Bertz CT molecular complexity index is 1100. The van der Waals surface area contributed by atoms with Crippen molar-refractivity contribution >= 4 is 16.9 Å². The fraction of sp³-hybridized carbons (Fsp3) is 0.500. The number of alkyl halides is 3. The second-order valence-corrected chi connectivity index (χ2v) is 7.96. The summed E-state index contributed by atoms with van der Waals surface area (Å²) in [5.41, 5.74) is 0.875. The summed E-state index contributed by atoms with van der Waals surface area (Å²) in [5.74, 6) is -0.298. The third kappa shape index (κ3) is 4.17. The smallest absolute Gasteiger partial charge is 0.350 e. The van der Waals surface area contributed by atoms with E-state index in [9.17, 15) is 18.0 Å². The number of aryl methyl sites for hydroxylation is 2. The van der Waals surface area contributed by atoms with Crippen molar-refractivity contribution in [3.8, 4) is 0 Å². The Balaban J connectivity index is 1.58. The molecule has 30 heavy (non-hydrogen) atoms. The summed E-state index contributed by atoms with van der Waals surface area (Å²) in [6.07, 6.45) is -1.03. The van der Waals surface area contributed by atoms with E-state index >= 15 is 0 Å². The molecule has 7 nitrogen and oxygen atoms in total. The van der Waals surface area contributed by atoms with Crippen LogP contribution < -0.4 is 5.32 Å². The molecule has 0 spiro atoms. The van der Waals surface area contributed by atoms with Crippen LogP contribution in [0.4, 0.5) is 13.2 Å². The van der Waals surface area contributed by atoms with E-state index in [0.717, 1.165) is 24.6 Å². The molecule has 0 saturated heterocycles. The first-order valence-corrected chi connectivity index (χ1v) is 9.86. The lowest BCUT2D eigenvalue weighted by Gasteiger charge is -2.14. The van der Waals surface area contributed by atoms with Crippen molar-refractivity contribution in [2.75, 3.05) is 0 Å². The lowest BCUT2D eigenvalue weighted by Crippen LogP contribution is -2.38. The van der Waals surface area contributed by atoms with Gasteiger partial charge in [0.2, 0.25) is 5.91 Å². The summed E-state index contributed by atoms with van der Waals surface area (Å²) in [7, 11) is 0. The number of carbonyl (C=O) groups is 1. The minimum Gasteiger partial charge on any atom is -0.350 e. The number of rotatable bonds is 6. The normalized spacial score (nSPS) is 15.5. The topological polar surface area (TPSA) is 77.6 Å². The molecule has 1 fully saturated rings. The molecule has 160 valence electrons. The number of pyridine rings is 1. The molecule has 1 N–H and O–H groups in total. The molecule has 3 aromatic heterocycles. The second kappa shape index (κ2) is 7.41. The average molecular weight is 420 g/mol. The van der Waals surface area contributed by atoms with Crippen LogP contribution in [-0.4, -0.2) is 36.5 Å². The number of amides is 1. The van der Waals surface area contributed by atoms with E-state index in [2.05, 4.69) is 20.5 Å². The maximum atomic E-state index is 13.7. The van der Waals surface area contributed by atoms with Gasteiger partial charge in [0.25, 0.3) is 0 Å². The van der Waals surface area contributed by atoms with E-state index in [1.807, 2.05) is 26.1 Å². The number of nitrogens with zero attached hydrogens (tertiary/aromatic N) is 5. The Hall–Kier alpha value is -2.91. The highest BCUT2D eigenvalue weighted by Crippen LogP contribution is 2.43. The monoisotopic (exact) mass is 420 g/mol. The lowest BCUT2D eigenvalue weighted by atomic mass is 10.1. The Kier molecular flexibility index (Phi) is 5.03. The van der Waals surface area contributed by atoms with Gasteiger partial charge in [-0.2, -0.15) is 23.4 Å². The van der Waals surface area contributed by atoms with Crippen molar-refractivity contribution in [1.29, 1.82) is 0 Å². The Morgan fingerprint density at radius 2 is 2.03 bits per heavy atom. The summed E-state index contributed by atoms with van der Waals surface area (Å²) < 4.78 is 44.0. The van der Waals surface area contributed by atoms with Gasteiger partial charge in [-0.15, -0.1) is 0 Å². The van der Waals surface area contributed by atoms with Gasteiger partial charge >= 0.3 is 6.18 Å². The number of hydrogen-bond acceptors (Lipinski definition) is 4. The van der Waals surface area contributed by atoms with Gasteiger partial charge in [-0.1, -0.05) is 0 Å². The molecular formula is C20H23F3N6O. The molecule has 1 atom stereocenters. The molecular weight excluding hydrogens is 397 g/mol. The van der Waals surface area contributed by atoms with Crippen molar-refractivity contribution in [3.05, 3.63) is 41.0 Å². The van der Waals surface area contributed by atoms with E-state index in [1.165, 1.54) is 11.6 Å². The van der Waals surface area contributed by atoms with Crippen molar-refractivity contribution in [2.45, 2.75) is 64.8 Å². The number of carbonyl (C=O) groups excluding carboxylic acids is 1. The fourth-order valence-electron chi connectivity index (χ4n) is 3.64. The van der Waals surface area contributed by atoms with Crippen LogP contribution in [0.3, 0.4) is 0 Å². The van der Waals surface area contributed by atoms with Gasteiger partial charge in [-0.3, -0.25) is 9.48 Å². The molecule has 1 aliphatic rings. The molecule has 0 aliphatic heterocycles. The lowest BCUT2D eigenvalue weighted by molar-refractivity contribution is -0.136. The van der Waals surface area contributed by atoms with Gasteiger partial charge in [0.1, 0.15) is 6.54 Å². The maximum Gasteiger partial charge on any atom is 0.417 e. The molecule has 1 unspecified atom stereocenters. The summed E-state index contributed by atoms with van der Waals surface area (Å²) in [6, 6.07) is 2.79. The standard InChI is InChI=1S/C20H23F3N6O/c1-11-6-7-28(26-11)9-12(2)24-17(30)10-29-19-18(13(3)27-29)15(20(21,22)23)8-16(25-19)14-4-5-14/h6-8,12,14H,4-5,9-10H2,1-3H3,(H,24,30).